The number of benzene rings is 1. The van der Waals surface area contributed by atoms with E-state index in [1.807, 2.05) is 0 Å². The maximum Gasteiger partial charge on any atom is 1.00 e. The third-order valence-electron chi connectivity index (χ3n) is 1.77. The molecule has 0 bridgehead atoms. The molecule has 7 heteroatoms. The Kier molecular flexibility index (Phi) is 6.42. The van der Waals surface area contributed by atoms with Gasteiger partial charge in [0.1, 0.15) is 11.6 Å². The van der Waals surface area contributed by atoms with Crippen molar-refractivity contribution in [3.63, 3.8) is 0 Å². The van der Waals surface area contributed by atoms with Crippen LogP contribution in [0.2, 0.25) is 0 Å². The summed E-state index contributed by atoms with van der Waals surface area (Å²) in [4.78, 5) is 0. The van der Waals surface area contributed by atoms with Crippen LogP contribution in [0.1, 0.15) is 11.1 Å². The van der Waals surface area contributed by atoms with Gasteiger partial charge in [-0.2, -0.15) is 0 Å². The monoisotopic (exact) mass is 260 g/mol. The van der Waals surface area contributed by atoms with Crippen LogP contribution < -0.4 is 51.4 Å². The summed E-state index contributed by atoms with van der Waals surface area (Å²) >= 11 is 0. The van der Waals surface area contributed by atoms with Crippen LogP contribution in [0.25, 0.3) is 6.08 Å². The number of rotatable bonds is 2. The summed E-state index contributed by atoms with van der Waals surface area (Å²) in [6.07, 6.45) is 0.526. The number of hydrogen-bond acceptors (Lipinski definition) is 0. The van der Waals surface area contributed by atoms with Gasteiger partial charge in [-0.05, 0) is 24.6 Å². The fraction of sp³-hybridized carbons (Fsp3) is 0.111. The topological polar surface area (TPSA) is 0 Å². The SMILES string of the molecule is Cc1cc(F)c(/C=C/[B-](F)(F)F)cc1F.[K+]. The van der Waals surface area contributed by atoms with Crippen molar-refractivity contribution >= 4 is 13.1 Å². The molecule has 0 amide bonds. The first-order valence-electron chi connectivity index (χ1n) is 4.14. The smallest absolute Gasteiger partial charge is 0.445 e. The molecule has 0 nitrogen and oxygen atoms in total. The van der Waals surface area contributed by atoms with Gasteiger partial charge in [0.05, 0.1) is 0 Å². The van der Waals surface area contributed by atoms with Gasteiger partial charge in [-0.15, -0.1) is 5.98 Å². The molecule has 0 N–H and O–H groups in total. The molecule has 0 saturated carbocycles. The van der Waals surface area contributed by atoms with Crippen LogP contribution in [-0.4, -0.2) is 6.98 Å². The molecule has 0 aliphatic rings. The van der Waals surface area contributed by atoms with Gasteiger partial charge < -0.3 is 12.9 Å². The van der Waals surface area contributed by atoms with Crippen LogP contribution in [0.3, 0.4) is 0 Å². The summed E-state index contributed by atoms with van der Waals surface area (Å²) in [6.45, 7) is -3.80. The summed E-state index contributed by atoms with van der Waals surface area (Å²) in [5.41, 5.74) is -0.348. The van der Waals surface area contributed by atoms with Crippen molar-refractivity contribution in [3.05, 3.63) is 40.9 Å². The first-order valence-corrected chi connectivity index (χ1v) is 4.14. The minimum Gasteiger partial charge on any atom is -0.445 e. The summed E-state index contributed by atoms with van der Waals surface area (Å²) in [6, 6.07) is 1.60. The van der Waals surface area contributed by atoms with Crippen molar-refractivity contribution in [3.8, 4) is 0 Å². The summed E-state index contributed by atoms with van der Waals surface area (Å²) in [7, 11) is 0. The van der Waals surface area contributed by atoms with Crippen molar-refractivity contribution in [2.75, 3.05) is 0 Å². The third kappa shape index (κ3) is 5.09. The number of halogens is 5. The molecule has 0 fully saturated rings. The Morgan fingerprint density at radius 3 is 2.12 bits per heavy atom. The molecule has 1 aromatic carbocycles. The Hall–Kier alpha value is 0.311. The Morgan fingerprint density at radius 2 is 1.62 bits per heavy atom. The van der Waals surface area contributed by atoms with Crippen molar-refractivity contribution < 1.29 is 73.1 Å². The largest absolute Gasteiger partial charge is 1.00 e. The van der Waals surface area contributed by atoms with Crippen LogP contribution in [0.15, 0.2) is 18.1 Å². The number of aryl methyl sites for hydroxylation is 1. The van der Waals surface area contributed by atoms with Crippen molar-refractivity contribution in [1.29, 1.82) is 0 Å². The fourth-order valence-corrected chi connectivity index (χ4v) is 1.00. The molecule has 0 unspecified atom stereocenters. The average molecular weight is 260 g/mol. The Morgan fingerprint density at radius 1 is 1.06 bits per heavy atom. The Balaban J connectivity index is 0.00000225. The molecule has 0 aromatic heterocycles. The standard InChI is InChI=1S/C9H7BF5.K/c1-6-4-9(12)7(5-8(6)11)2-3-10(13,14)15;/h2-5H,1H3;/q-1;+1/b3-2+;. The Bertz CT molecular complexity index is 400. The average Bonchev–Trinajstić information content (AvgIpc) is 2.07. The molecule has 82 valence electrons. The first-order chi connectivity index (χ1) is 6.79. The van der Waals surface area contributed by atoms with E-state index in [1.54, 1.807) is 0 Å². The van der Waals surface area contributed by atoms with Gasteiger partial charge in [0.25, 0.3) is 0 Å². The molecule has 0 heterocycles. The molecule has 0 spiro atoms. The molecule has 1 aromatic rings. The summed E-state index contributed by atoms with van der Waals surface area (Å²) in [5, 5.41) is 0. The zero-order valence-corrected chi connectivity index (χ0v) is 11.9. The second-order valence-electron chi connectivity index (χ2n) is 3.11. The maximum atomic E-state index is 13.0. The molecule has 0 aliphatic heterocycles. The van der Waals surface area contributed by atoms with Crippen LogP contribution in [-0.2, 0) is 0 Å². The minimum atomic E-state index is -5.13. The van der Waals surface area contributed by atoms with Crippen LogP contribution in [0.4, 0.5) is 21.7 Å². The van der Waals surface area contributed by atoms with Gasteiger partial charge in [-0.3, -0.25) is 0 Å². The second kappa shape index (κ2) is 6.30. The summed E-state index contributed by atoms with van der Waals surface area (Å²) < 4.78 is 61.4. The predicted molar refractivity (Wildman–Crippen MR) is 49.2 cm³/mol. The third-order valence-corrected chi connectivity index (χ3v) is 1.77. The normalized spacial score (nSPS) is 11.6. The maximum absolute atomic E-state index is 13.0. The van der Waals surface area contributed by atoms with Gasteiger partial charge in [0, 0.05) is 5.56 Å². The fourth-order valence-electron chi connectivity index (χ4n) is 1.00. The van der Waals surface area contributed by atoms with E-state index in [2.05, 4.69) is 0 Å². The number of hydrogen-bond donors (Lipinski definition) is 0. The van der Waals surface area contributed by atoms with Crippen molar-refractivity contribution in [2.45, 2.75) is 6.92 Å². The van der Waals surface area contributed by atoms with E-state index in [1.165, 1.54) is 6.92 Å². The first kappa shape index (κ1) is 16.3. The van der Waals surface area contributed by atoms with E-state index in [0.717, 1.165) is 12.1 Å². The van der Waals surface area contributed by atoms with E-state index in [0.29, 0.717) is 6.08 Å². The summed E-state index contributed by atoms with van der Waals surface area (Å²) in [5.74, 6) is -1.68. The van der Waals surface area contributed by atoms with E-state index >= 15 is 0 Å². The minimum absolute atomic E-state index is 0. The van der Waals surface area contributed by atoms with Crippen molar-refractivity contribution in [1.82, 2.24) is 0 Å². The molecule has 0 saturated heterocycles. The second-order valence-corrected chi connectivity index (χ2v) is 3.11. The van der Waals surface area contributed by atoms with Gasteiger partial charge in [-0.25, -0.2) is 8.78 Å². The predicted octanol–water partition coefficient (Wildman–Crippen LogP) is 0.677. The zero-order chi connectivity index (χ0) is 11.6. The van der Waals surface area contributed by atoms with E-state index in [-0.39, 0.29) is 62.9 Å². The van der Waals surface area contributed by atoms with Gasteiger partial charge >= 0.3 is 58.4 Å². The van der Waals surface area contributed by atoms with E-state index in [4.69, 9.17) is 0 Å². The van der Waals surface area contributed by atoms with Gasteiger partial charge in [0.15, 0.2) is 0 Å². The zero-order valence-electron chi connectivity index (χ0n) is 8.78. The quantitative estimate of drug-likeness (QED) is 0.542. The Labute approximate surface area is 132 Å². The van der Waals surface area contributed by atoms with Gasteiger partial charge in [0.2, 0.25) is 0 Å². The molecule has 16 heavy (non-hydrogen) atoms. The van der Waals surface area contributed by atoms with Gasteiger partial charge in [-0.1, -0.05) is 6.08 Å². The van der Waals surface area contributed by atoms with Crippen LogP contribution in [0, 0.1) is 18.6 Å². The van der Waals surface area contributed by atoms with E-state index in [9.17, 15) is 21.7 Å². The molecule has 0 aliphatic carbocycles. The van der Waals surface area contributed by atoms with Crippen LogP contribution in [0.5, 0.6) is 0 Å². The van der Waals surface area contributed by atoms with Crippen LogP contribution >= 0.6 is 0 Å². The molecular formula is C9H7BF5K. The molecular weight excluding hydrogens is 253 g/mol. The van der Waals surface area contributed by atoms with Crippen molar-refractivity contribution in [2.24, 2.45) is 0 Å². The molecule has 1 rings (SSSR count). The van der Waals surface area contributed by atoms with E-state index < -0.39 is 24.2 Å². The molecule has 0 radical (unpaired) electrons. The molecule has 0 atom stereocenters.